The van der Waals surface area contributed by atoms with Crippen molar-refractivity contribution in [3.05, 3.63) is 17.0 Å². The molecule has 2 rings (SSSR count). The highest BCUT2D eigenvalue weighted by atomic mass is 16.5. The van der Waals surface area contributed by atoms with Crippen LogP contribution in [0, 0.1) is 19.8 Å². The first-order chi connectivity index (χ1) is 9.87. The summed E-state index contributed by atoms with van der Waals surface area (Å²) in [6.45, 7) is 11.9. The molecule has 0 spiro atoms. The minimum absolute atomic E-state index is 0.0643. The Morgan fingerprint density at radius 2 is 2.14 bits per heavy atom. The van der Waals surface area contributed by atoms with Gasteiger partial charge in [-0.15, -0.1) is 0 Å². The second-order valence-corrected chi connectivity index (χ2v) is 7.25. The summed E-state index contributed by atoms with van der Waals surface area (Å²) in [6.07, 6.45) is 4.70. The number of rotatable bonds is 6. The third-order valence-electron chi connectivity index (χ3n) is 4.62. The third kappa shape index (κ3) is 4.82. The maximum Gasteiger partial charge on any atom is 0.0629 e. The molecule has 0 unspecified atom stereocenters. The van der Waals surface area contributed by atoms with E-state index in [9.17, 15) is 0 Å². The van der Waals surface area contributed by atoms with Gasteiger partial charge in [0.2, 0.25) is 0 Å². The summed E-state index contributed by atoms with van der Waals surface area (Å²) in [5.74, 6) is 0.774. The molecule has 4 nitrogen and oxygen atoms in total. The Hall–Kier alpha value is -0.870. The number of aromatic amines is 1. The van der Waals surface area contributed by atoms with Crippen LogP contribution >= 0.6 is 0 Å². The Bertz CT molecular complexity index is 433. The van der Waals surface area contributed by atoms with Crippen LogP contribution in [0.2, 0.25) is 0 Å². The molecular weight excluding hydrogens is 262 g/mol. The number of H-pyrrole nitrogens is 1. The zero-order chi connectivity index (χ0) is 15.5. The molecule has 0 radical (unpaired) electrons. The molecule has 1 aliphatic rings. The molecule has 2 heterocycles. The van der Waals surface area contributed by atoms with Crippen molar-refractivity contribution in [3.8, 4) is 0 Å². The predicted molar refractivity (Wildman–Crippen MR) is 86.6 cm³/mol. The Morgan fingerprint density at radius 3 is 2.76 bits per heavy atom. The number of hydrogen-bond donors (Lipinski definition) is 1. The first-order valence-electron chi connectivity index (χ1n) is 8.20. The van der Waals surface area contributed by atoms with Crippen LogP contribution in [0.3, 0.4) is 0 Å². The number of aryl methyl sites for hydroxylation is 2. The van der Waals surface area contributed by atoms with Crippen LogP contribution in [0.15, 0.2) is 0 Å². The van der Waals surface area contributed by atoms with Crippen LogP contribution in [0.4, 0.5) is 0 Å². The predicted octanol–water partition coefficient (Wildman–Crippen LogP) is 3.10. The van der Waals surface area contributed by atoms with Crippen LogP contribution in [0.5, 0.6) is 0 Å². The second kappa shape index (κ2) is 6.93. The van der Waals surface area contributed by atoms with Gasteiger partial charge >= 0.3 is 0 Å². The molecule has 120 valence electrons. The molecule has 21 heavy (non-hydrogen) atoms. The standard InChI is InChI=1S/C17H31N3O/c1-13-16(14(2)19-18-13)7-6-9-20(5)12-15-8-10-21-17(3,4)11-15/h15H,6-12H2,1-5H3,(H,18,19)/t15-/m1/s1. The molecule has 0 amide bonds. The Morgan fingerprint density at radius 1 is 1.38 bits per heavy atom. The molecule has 0 saturated carbocycles. The van der Waals surface area contributed by atoms with E-state index in [1.807, 2.05) is 0 Å². The van der Waals surface area contributed by atoms with Gasteiger partial charge in [0.25, 0.3) is 0 Å². The van der Waals surface area contributed by atoms with Gasteiger partial charge in [-0.1, -0.05) is 0 Å². The third-order valence-corrected chi connectivity index (χ3v) is 4.62. The van der Waals surface area contributed by atoms with E-state index in [0.29, 0.717) is 0 Å². The van der Waals surface area contributed by atoms with Gasteiger partial charge in [0.05, 0.1) is 11.3 Å². The second-order valence-electron chi connectivity index (χ2n) is 7.25. The van der Waals surface area contributed by atoms with E-state index in [-0.39, 0.29) is 5.60 Å². The number of ether oxygens (including phenoxy) is 1. The van der Waals surface area contributed by atoms with Crippen molar-refractivity contribution < 1.29 is 4.74 Å². The maximum atomic E-state index is 5.80. The average molecular weight is 293 g/mol. The topological polar surface area (TPSA) is 41.2 Å². The molecule has 0 aliphatic carbocycles. The van der Waals surface area contributed by atoms with E-state index in [1.165, 1.54) is 37.1 Å². The fraction of sp³-hybridized carbons (Fsp3) is 0.824. The van der Waals surface area contributed by atoms with Crippen molar-refractivity contribution >= 4 is 0 Å². The van der Waals surface area contributed by atoms with Gasteiger partial charge in [0, 0.05) is 18.8 Å². The Kier molecular flexibility index (Phi) is 5.44. The molecule has 1 N–H and O–H groups in total. The monoisotopic (exact) mass is 293 g/mol. The highest BCUT2D eigenvalue weighted by molar-refractivity contribution is 5.23. The van der Waals surface area contributed by atoms with Gasteiger partial charge in [-0.25, -0.2) is 0 Å². The summed E-state index contributed by atoms with van der Waals surface area (Å²) in [5.41, 5.74) is 3.84. The number of aromatic nitrogens is 2. The molecule has 1 aromatic heterocycles. The lowest BCUT2D eigenvalue weighted by atomic mass is 9.88. The summed E-state index contributed by atoms with van der Waals surface area (Å²) in [4.78, 5) is 2.48. The van der Waals surface area contributed by atoms with Crippen LogP contribution < -0.4 is 0 Å². The molecule has 1 fully saturated rings. The Labute approximate surface area is 129 Å². The Balaban J connectivity index is 1.71. The lowest BCUT2D eigenvalue weighted by Gasteiger charge is -2.37. The van der Waals surface area contributed by atoms with Gasteiger partial charge in [-0.3, -0.25) is 5.10 Å². The first-order valence-corrected chi connectivity index (χ1v) is 8.20. The average Bonchev–Trinajstić information content (AvgIpc) is 2.69. The van der Waals surface area contributed by atoms with Crippen molar-refractivity contribution in [2.75, 3.05) is 26.7 Å². The lowest BCUT2D eigenvalue weighted by Crippen LogP contribution is -2.38. The van der Waals surface area contributed by atoms with Gasteiger partial charge in [0.1, 0.15) is 0 Å². The fourth-order valence-electron chi connectivity index (χ4n) is 3.51. The summed E-state index contributed by atoms with van der Waals surface area (Å²) in [7, 11) is 2.25. The molecule has 0 aromatic carbocycles. The summed E-state index contributed by atoms with van der Waals surface area (Å²) >= 11 is 0. The van der Waals surface area contributed by atoms with Crippen molar-refractivity contribution in [2.45, 2.75) is 59.0 Å². The highest BCUT2D eigenvalue weighted by Crippen LogP contribution is 2.28. The van der Waals surface area contributed by atoms with E-state index in [2.05, 4.69) is 49.8 Å². The normalized spacial score (nSPS) is 21.9. The van der Waals surface area contributed by atoms with Crippen LogP contribution in [0.1, 0.15) is 50.1 Å². The lowest BCUT2D eigenvalue weighted by molar-refractivity contribution is -0.0759. The zero-order valence-corrected chi connectivity index (χ0v) is 14.3. The number of nitrogens with zero attached hydrogens (tertiary/aromatic N) is 2. The maximum absolute atomic E-state index is 5.80. The van der Waals surface area contributed by atoms with Crippen molar-refractivity contribution in [1.82, 2.24) is 15.1 Å². The minimum atomic E-state index is 0.0643. The quantitative estimate of drug-likeness (QED) is 0.876. The van der Waals surface area contributed by atoms with Crippen molar-refractivity contribution in [1.29, 1.82) is 0 Å². The van der Waals surface area contributed by atoms with Crippen LogP contribution in [-0.4, -0.2) is 47.4 Å². The van der Waals surface area contributed by atoms with Gasteiger partial charge in [-0.2, -0.15) is 5.10 Å². The molecule has 4 heteroatoms. The number of hydrogen-bond acceptors (Lipinski definition) is 3. The van der Waals surface area contributed by atoms with E-state index in [0.717, 1.165) is 31.2 Å². The van der Waals surface area contributed by atoms with E-state index >= 15 is 0 Å². The smallest absolute Gasteiger partial charge is 0.0629 e. The van der Waals surface area contributed by atoms with E-state index in [1.54, 1.807) is 0 Å². The minimum Gasteiger partial charge on any atom is -0.376 e. The largest absolute Gasteiger partial charge is 0.376 e. The molecule has 0 bridgehead atoms. The zero-order valence-electron chi connectivity index (χ0n) is 14.3. The van der Waals surface area contributed by atoms with Crippen molar-refractivity contribution in [2.24, 2.45) is 5.92 Å². The highest BCUT2D eigenvalue weighted by Gasteiger charge is 2.29. The van der Waals surface area contributed by atoms with Crippen molar-refractivity contribution in [3.63, 3.8) is 0 Å². The molecule has 1 atom stereocenters. The van der Waals surface area contributed by atoms with Crippen LogP contribution in [-0.2, 0) is 11.2 Å². The summed E-state index contributed by atoms with van der Waals surface area (Å²) in [5, 5.41) is 7.34. The van der Waals surface area contributed by atoms with Gasteiger partial charge in [-0.05, 0) is 78.5 Å². The van der Waals surface area contributed by atoms with Gasteiger partial charge in [0.15, 0.2) is 0 Å². The number of nitrogens with one attached hydrogen (secondary N) is 1. The molecular formula is C17H31N3O. The van der Waals surface area contributed by atoms with E-state index < -0.39 is 0 Å². The SMILES string of the molecule is Cc1n[nH]c(C)c1CCCN(C)C[C@@H]1CCOC(C)(C)C1. The van der Waals surface area contributed by atoms with Gasteiger partial charge < -0.3 is 9.64 Å². The summed E-state index contributed by atoms with van der Waals surface area (Å²) < 4.78 is 5.80. The van der Waals surface area contributed by atoms with E-state index in [4.69, 9.17) is 4.74 Å². The van der Waals surface area contributed by atoms with Crippen LogP contribution in [0.25, 0.3) is 0 Å². The fourth-order valence-corrected chi connectivity index (χ4v) is 3.51. The summed E-state index contributed by atoms with van der Waals surface area (Å²) in [6, 6.07) is 0. The molecule has 1 saturated heterocycles. The molecule has 1 aromatic rings. The molecule has 1 aliphatic heterocycles. The first kappa shape index (κ1) is 16.5.